The number of likely N-dealkylation sites (N-methyl/N-ethyl adjacent to an activating group) is 1. The van der Waals surface area contributed by atoms with Crippen molar-refractivity contribution in [1.29, 1.82) is 0 Å². The van der Waals surface area contributed by atoms with E-state index < -0.39 is 0 Å². The molecule has 0 aliphatic carbocycles. The number of carbonyl (C=O) groups excluding carboxylic acids is 1. The fourth-order valence-corrected chi connectivity index (χ4v) is 4.21. The first-order valence-corrected chi connectivity index (χ1v) is 10.4. The van der Waals surface area contributed by atoms with E-state index in [0.717, 1.165) is 5.56 Å². The largest absolute Gasteiger partial charge is 0.490 e. The van der Waals surface area contributed by atoms with Crippen molar-refractivity contribution in [2.45, 2.75) is 13.5 Å². The third kappa shape index (κ3) is 4.63. The molecule has 4 nitrogen and oxygen atoms in total. The molecule has 1 aliphatic heterocycles. The van der Waals surface area contributed by atoms with Gasteiger partial charge in [0.2, 0.25) is 0 Å². The van der Waals surface area contributed by atoms with E-state index in [1.165, 1.54) is 16.7 Å². The minimum absolute atomic E-state index is 0.110. The Morgan fingerprint density at radius 3 is 2.46 bits per heavy atom. The van der Waals surface area contributed by atoms with Gasteiger partial charge in [0.05, 0.1) is 11.5 Å². The molecule has 1 heterocycles. The summed E-state index contributed by atoms with van der Waals surface area (Å²) < 4.78 is 12.2. The number of hydrogen-bond acceptors (Lipinski definition) is 5. The van der Waals surface area contributed by atoms with Gasteiger partial charge in [-0.1, -0.05) is 59.3 Å². The van der Waals surface area contributed by atoms with Crippen LogP contribution in [-0.4, -0.2) is 28.8 Å². The van der Waals surface area contributed by atoms with Gasteiger partial charge in [-0.15, -0.1) is 0 Å². The van der Waals surface area contributed by atoms with Crippen LogP contribution in [0.25, 0.3) is 6.08 Å². The average molecular weight is 454 g/mol. The number of rotatable bonds is 6. The van der Waals surface area contributed by atoms with Crippen molar-refractivity contribution in [3.63, 3.8) is 0 Å². The fourth-order valence-electron chi connectivity index (χ4n) is 2.52. The van der Waals surface area contributed by atoms with Crippen molar-refractivity contribution in [3.05, 3.63) is 62.5 Å². The number of amides is 1. The quantitative estimate of drug-likeness (QED) is 0.407. The molecule has 0 saturated carbocycles. The molecule has 146 valence electrons. The summed E-state index contributed by atoms with van der Waals surface area (Å²) in [6, 6.07) is 10.8. The molecule has 0 aromatic heterocycles. The minimum Gasteiger partial charge on any atom is -0.490 e. The molecule has 0 radical (unpaired) electrons. The normalized spacial score (nSPS) is 15.4. The monoisotopic (exact) mass is 453 g/mol. The topological polar surface area (TPSA) is 38.8 Å². The lowest BCUT2D eigenvalue weighted by molar-refractivity contribution is -0.121. The van der Waals surface area contributed by atoms with Gasteiger partial charge in [-0.2, -0.15) is 0 Å². The van der Waals surface area contributed by atoms with Crippen LogP contribution < -0.4 is 9.47 Å². The Labute approximate surface area is 183 Å². The van der Waals surface area contributed by atoms with Crippen LogP contribution in [0.4, 0.5) is 0 Å². The number of ether oxygens (including phenoxy) is 2. The summed E-state index contributed by atoms with van der Waals surface area (Å²) in [5.74, 6) is 1.03. The van der Waals surface area contributed by atoms with E-state index >= 15 is 0 Å². The van der Waals surface area contributed by atoms with E-state index in [1.807, 2.05) is 19.1 Å². The van der Waals surface area contributed by atoms with Crippen molar-refractivity contribution < 1.29 is 14.3 Å². The fraction of sp³-hybridized carbons (Fsp3) is 0.200. The summed E-state index contributed by atoms with van der Waals surface area (Å²) in [5.41, 5.74) is 1.53. The van der Waals surface area contributed by atoms with Crippen LogP contribution in [0.1, 0.15) is 18.1 Å². The molecule has 0 spiro atoms. The summed E-state index contributed by atoms with van der Waals surface area (Å²) in [6.07, 6.45) is 1.79. The average Bonchev–Trinajstić information content (AvgIpc) is 2.90. The van der Waals surface area contributed by atoms with Crippen LogP contribution in [0.5, 0.6) is 11.5 Å². The molecule has 3 rings (SSSR count). The van der Waals surface area contributed by atoms with E-state index in [-0.39, 0.29) is 12.5 Å². The Balaban J connectivity index is 1.83. The first-order chi connectivity index (χ1) is 13.4. The van der Waals surface area contributed by atoms with Crippen molar-refractivity contribution in [3.8, 4) is 11.5 Å². The molecule has 0 bridgehead atoms. The third-order valence-corrected chi connectivity index (χ3v) is 6.18. The van der Waals surface area contributed by atoms with Gasteiger partial charge in [-0.05, 0) is 42.8 Å². The van der Waals surface area contributed by atoms with Crippen molar-refractivity contribution in [2.75, 3.05) is 13.7 Å². The van der Waals surface area contributed by atoms with Gasteiger partial charge in [0.25, 0.3) is 5.91 Å². The summed E-state index contributed by atoms with van der Waals surface area (Å²) in [4.78, 5) is 14.2. The summed E-state index contributed by atoms with van der Waals surface area (Å²) in [7, 11) is 1.67. The molecule has 2 aromatic rings. The highest BCUT2D eigenvalue weighted by Gasteiger charge is 2.28. The number of benzene rings is 2. The van der Waals surface area contributed by atoms with Crippen molar-refractivity contribution in [2.24, 2.45) is 0 Å². The molecule has 1 fully saturated rings. The SMILES string of the molecule is CCOc1cc(/C=C2/SC(=S)N(C)C2=O)ccc1OCc1c(Cl)cccc1Cl. The van der Waals surface area contributed by atoms with Crippen LogP contribution in [0.15, 0.2) is 41.3 Å². The predicted molar refractivity (Wildman–Crippen MR) is 119 cm³/mol. The second-order valence-corrected chi connectivity index (χ2v) is 8.36. The van der Waals surface area contributed by atoms with Gasteiger partial charge in [0, 0.05) is 22.7 Å². The molecule has 8 heteroatoms. The zero-order chi connectivity index (χ0) is 20.3. The Morgan fingerprint density at radius 2 is 1.86 bits per heavy atom. The van der Waals surface area contributed by atoms with E-state index in [9.17, 15) is 4.79 Å². The lowest BCUT2D eigenvalue weighted by Crippen LogP contribution is -2.22. The van der Waals surface area contributed by atoms with E-state index in [0.29, 0.717) is 42.9 Å². The summed E-state index contributed by atoms with van der Waals surface area (Å²) >= 11 is 18.8. The minimum atomic E-state index is -0.110. The number of thiocarbonyl (C=S) groups is 1. The van der Waals surface area contributed by atoms with E-state index in [4.69, 9.17) is 44.9 Å². The zero-order valence-corrected chi connectivity index (χ0v) is 18.3. The van der Waals surface area contributed by atoms with Gasteiger partial charge >= 0.3 is 0 Å². The maximum Gasteiger partial charge on any atom is 0.265 e. The Bertz CT molecular complexity index is 942. The first-order valence-electron chi connectivity index (χ1n) is 8.44. The molecular weight excluding hydrogens is 437 g/mol. The Hall–Kier alpha value is -1.73. The van der Waals surface area contributed by atoms with Crippen LogP contribution in [0, 0.1) is 0 Å². The first kappa shape index (κ1) is 21.0. The third-order valence-electron chi connectivity index (χ3n) is 3.99. The molecule has 1 amide bonds. The van der Waals surface area contributed by atoms with Crippen LogP contribution >= 0.6 is 47.2 Å². The predicted octanol–water partition coefficient (Wildman–Crippen LogP) is 5.80. The van der Waals surface area contributed by atoms with Gasteiger partial charge in [0.15, 0.2) is 11.5 Å². The highest BCUT2D eigenvalue weighted by atomic mass is 35.5. The zero-order valence-electron chi connectivity index (χ0n) is 15.2. The number of hydrogen-bond donors (Lipinski definition) is 0. The molecule has 1 aliphatic rings. The van der Waals surface area contributed by atoms with E-state index in [1.54, 1.807) is 37.4 Å². The molecule has 0 N–H and O–H groups in total. The van der Waals surface area contributed by atoms with Crippen LogP contribution in [-0.2, 0) is 11.4 Å². The molecule has 2 aromatic carbocycles. The van der Waals surface area contributed by atoms with Crippen LogP contribution in [0.2, 0.25) is 10.0 Å². The molecule has 1 saturated heterocycles. The molecule has 28 heavy (non-hydrogen) atoms. The summed E-state index contributed by atoms with van der Waals surface area (Å²) in [6.45, 7) is 2.58. The van der Waals surface area contributed by atoms with Gasteiger partial charge in [-0.25, -0.2) is 0 Å². The second-order valence-electron chi connectivity index (χ2n) is 5.87. The number of thioether (sulfide) groups is 1. The molecule has 0 atom stereocenters. The molecule has 0 unspecified atom stereocenters. The van der Waals surface area contributed by atoms with Crippen LogP contribution in [0.3, 0.4) is 0 Å². The van der Waals surface area contributed by atoms with Crippen molar-refractivity contribution >= 4 is 63.5 Å². The highest BCUT2D eigenvalue weighted by molar-refractivity contribution is 8.26. The van der Waals surface area contributed by atoms with Gasteiger partial charge in [-0.3, -0.25) is 9.69 Å². The number of halogens is 2. The van der Waals surface area contributed by atoms with Gasteiger partial charge in [0.1, 0.15) is 10.9 Å². The lowest BCUT2D eigenvalue weighted by Gasteiger charge is -2.14. The van der Waals surface area contributed by atoms with Crippen molar-refractivity contribution in [1.82, 2.24) is 4.90 Å². The smallest absolute Gasteiger partial charge is 0.265 e. The second kappa shape index (κ2) is 9.18. The molecular formula is C20H17Cl2NO3S2. The highest BCUT2D eigenvalue weighted by Crippen LogP contribution is 2.35. The van der Waals surface area contributed by atoms with Gasteiger partial charge < -0.3 is 9.47 Å². The standard InChI is InChI=1S/C20H17Cl2NO3S2/c1-3-25-17-9-12(10-18-19(24)23(2)20(27)28-18)7-8-16(17)26-11-13-14(21)5-4-6-15(13)22/h4-10H,3,11H2,1-2H3/b18-10+. The Morgan fingerprint density at radius 1 is 1.14 bits per heavy atom. The Kier molecular flexibility index (Phi) is 6.88. The number of nitrogens with zero attached hydrogens (tertiary/aromatic N) is 1. The maximum absolute atomic E-state index is 12.2. The summed E-state index contributed by atoms with van der Waals surface area (Å²) in [5, 5.41) is 1.09. The maximum atomic E-state index is 12.2. The number of carbonyl (C=O) groups is 1. The van der Waals surface area contributed by atoms with E-state index in [2.05, 4.69) is 0 Å². The lowest BCUT2D eigenvalue weighted by atomic mass is 10.1.